The molecule has 0 saturated heterocycles. The summed E-state index contributed by atoms with van der Waals surface area (Å²) in [5.41, 5.74) is -1.43. The van der Waals surface area contributed by atoms with Crippen LogP contribution in [-0.4, -0.2) is 6.41 Å². The van der Waals surface area contributed by atoms with Gasteiger partial charge in [-0.3, -0.25) is 4.79 Å². The summed E-state index contributed by atoms with van der Waals surface area (Å²) in [6.45, 7) is 0. The number of carbonyl (C=O) groups is 1. The molecule has 0 aliphatic rings. The molecule has 1 amide bonds. The number of alkyl halides is 3. The average molecular weight is 286 g/mol. The van der Waals surface area contributed by atoms with Crippen molar-refractivity contribution in [2.45, 2.75) is 6.18 Å². The van der Waals surface area contributed by atoms with Crippen molar-refractivity contribution in [3.05, 3.63) is 28.0 Å². The van der Waals surface area contributed by atoms with E-state index in [1.807, 2.05) is 5.32 Å². The van der Waals surface area contributed by atoms with Gasteiger partial charge in [-0.15, -0.1) is 0 Å². The second kappa shape index (κ2) is 4.18. The molecule has 0 fully saturated rings. The average Bonchev–Trinajstić information content (AvgIpc) is 2.11. The number of hydrogen-bond acceptors (Lipinski definition) is 1. The Morgan fingerprint density at radius 1 is 1.33 bits per heavy atom. The van der Waals surface area contributed by atoms with Crippen LogP contribution in [0, 0.1) is 5.82 Å². The molecule has 0 aliphatic heterocycles. The predicted octanol–water partition coefficient (Wildman–Crippen LogP) is 3.18. The summed E-state index contributed by atoms with van der Waals surface area (Å²) in [6.07, 6.45) is -4.49. The normalized spacial score (nSPS) is 11.3. The fraction of sp³-hybridized carbons (Fsp3) is 0.125. The van der Waals surface area contributed by atoms with Crippen LogP contribution in [0.15, 0.2) is 16.6 Å². The van der Waals surface area contributed by atoms with Gasteiger partial charge in [0.25, 0.3) is 0 Å². The number of anilines is 1. The van der Waals surface area contributed by atoms with Gasteiger partial charge >= 0.3 is 6.18 Å². The van der Waals surface area contributed by atoms with Crippen LogP contribution in [0.1, 0.15) is 5.56 Å². The molecule has 0 saturated carbocycles. The van der Waals surface area contributed by atoms with Crippen LogP contribution in [-0.2, 0) is 11.0 Å². The van der Waals surface area contributed by atoms with Crippen molar-refractivity contribution in [2.24, 2.45) is 0 Å². The van der Waals surface area contributed by atoms with Crippen LogP contribution in [0.5, 0.6) is 0 Å². The topological polar surface area (TPSA) is 29.1 Å². The predicted molar refractivity (Wildman–Crippen MR) is 48.8 cm³/mol. The van der Waals surface area contributed by atoms with Crippen LogP contribution in [0.3, 0.4) is 0 Å². The Kier molecular flexibility index (Phi) is 3.33. The molecule has 0 heterocycles. The lowest BCUT2D eigenvalue weighted by Gasteiger charge is -2.10. The highest BCUT2D eigenvalue weighted by Gasteiger charge is 2.32. The fourth-order valence-electron chi connectivity index (χ4n) is 0.921. The monoisotopic (exact) mass is 285 g/mol. The highest BCUT2D eigenvalue weighted by Crippen LogP contribution is 2.35. The molecule has 7 heteroatoms. The number of hydrogen-bond donors (Lipinski definition) is 1. The molecule has 0 bridgehead atoms. The van der Waals surface area contributed by atoms with E-state index in [1.165, 1.54) is 0 Å². The Bertz CT molecular complexity index is 391. The molecule has 0 aliphatic carbocycles. The highest BCUT2D eigenvalue weighted by molar-refractivity contribution is 9.10. The SMILES string of the molecule is O=CNc1cc(C(F)(F)F)cc(F)c1Br. The van der Waals surface area contributed by atoms with E-state index in [2.05, 4.69) is 15.9 Å². The van der Waals surface area contributed by atoms with Gasteiger partial charge < -0.3 is 5.32 Å². The minimum absolute atomic E-state index is 0.166. The van der Waals surface area contributed by atoms with Gasteiger partial charge in [0.1, 0.15) is 5.82 Å². The fourth-order valence-corrected chi connectivity index (χ4v) is 1.26. The second-order valence-corrected chi connectivity index (χ2v) is 3.37. The van der Waals surface area contributed by atoms with E-state index >= 15 is 0 Å². The van der Waals surface area contributed by atoms with Gasteiger partial charge in [0.2, 0.25) is 6.41 Å². The van der Waals surface area contributed by atoms with Gasteiger partial charge in [0.05, 0.1) is 15.7 Å². The maximum absolute atomic E-state index is 13.0. The first-order valence-corrected chi connectivity index (χ1v) is 4.42. The van der Waals surface area contributed by atoms with E-state index in [0.717, 1.165) is 0 Å². The smallest absolute Gasteiger partial charge is 0.328 e. The lowest BCUT2D eigenvalue weighted by molar-refractivity contribution is -0.137. The molecule has 82 valence electrons. The van der Waals surface area contributed by atoms with Gasteiger partial charge in [0.15, 0.2) is 0 Å². The van der Waals surface area contributed by atoms with Crippen molar-refractivity contribution in [2.75, 3.05) is 5.32 Å². The van der Waals surface area contributed by atoms with Crippen LogP contribution >= 0.6 is 15.9 Å². The Labute approximate surface area is 90.4 Å². The van der Waals surface area contributed by atoms with Crippen molar-refractivity contribution >= 4 is 28.0 Å². The lowest BCUT2D eigenvalue weighted by atomic mass is 10.2. The third-order valence-electron chi connectivity index (χ3n) is 1.57. The van der Waals surface area contributed by atoms with Crippen molar-refractivity contribution < 1.29 is 22.4 Å². The van der Waals surface area contributed by atoms with Crippen molar-refractivity contribution in [1.29, 1.82) is 0 Å². The van der Waals surface area contributed by atoms with Gasteiger partial charge in [-0.1, -0.05) is 0 Å². The molecule has 1 N–H and O–H groups in total. The van der Waals surface area contributed by atoms with Crippen LogP contribution in [0.25, 0.3) is 0 Å². The number of amides is 1. The first kappa shape index (κ1) is 12.0. The summed E-state index contributed by atoms with van der Waals surface area (Å²) in [5.74, 6) is -1.09. The Hall–Kier alpha value is -1.11. The molecule has 0 radical (unpaired) electrons. The third kappa shape index (κ3) is 2.68. The molecule has 1 rings (SSSR count). The largest absolute Gasteiger partial charge is 0.416 e. The summed E-state index contributed by atoms with van der Waals surface area (Å²) in [5, 5.41) is 1.96. The van der Waals surface area contributed by atoms with Crippen molar-refractivity contribution in [1.82, 2.24) is 0 Å². The number of benzene rings is 1. The van der Waals surface area contributed by atoms with Crippen LogP contribution in [0.4, 0.5) is 23.2 Å². The summed E-state index contributed by atoms with van der Waals surface area (Å²) >= 11 is 2.72. The van der Waals surface area contributed by atoms with E-state index in [-0.39, 0.29) is 16.6 Å². The van der Waals surface area contributed by atoms with E-state index in [1.54, 1.807) is 0 Å². The number of halogens is 5. The molecular formula is C8H4BrF4NO. The first-order chi connectivity index (χ1) is 6.86. The summed E-state index contributed by atoms with van der Waals surface area (Å²) < 4.78 is 49.4. The Morgan fingerprint density at radius 3 is 2.40 bits per heavy atom. The molecule has 0 unspecified atom stereocenters. The Morgan fingerprint density at radius 2 is 1.93 bits per heavy atom. The standard InChI is InChI=1S/C8H4BrF4NO/c9-7-5(10)1-4(8(11,12)13)2-6(7)14-3-15/h1-3H,(H,14,15). The van der Waals surface area contributed by atoms with Gasteiger partial charge in [-0.05, 0) is 28.1 Å². The summed E-state index contributed by atoms with van der Waals surface area (Å²) in [7, 11) is 0. The molecule has 15 heavy (non-hydrogen) atoms. The molecular weight excluding hydrogens is 282 g/mol. The lowest BCUT2D eigenvalue weighted by Crippen LogP contribution is -2.07. The zero-order valence-corrected chi connectivity index (χ0v) is 8.62. The van der Waals surface area contributed by atoms with Crippen LogP contribution < -0.4 is 5.32 Å². The number of nitrogens with one attached hydrogen (secondary N) is 1. The van der Waals surface area contributed by atoms with Crippen molar-refractivity contribution in [3.63, 3.8) is 0 Å². The van der Waals surface area contributed by atoms with E-state index in [9.17, 15) is 22.4 Å². The number of carbonyl (C=O) groups excluding carboxylic acids is 1. The Balaban J connectivity index is 3.29. The van der Waals surface area contributed by atoms with Crippen molar-refractivity contribution in [3.8, 4) is 0 Å². The molecule has 0 spiro atoms. The quantitative estimate of drug-likeness (QED) is 0.656. The maximum Gasteiger partial charge on any atom is 0.416 e. The van der Waals surface area contributed by atoms with Crippen LogP contribution in [0.2, 0.25) is 0 Å². The van der Waals surface area contributed by atoms with Gasteiger partial charge in [-0.2, -0.15) is 13.2 Å². The first-order valence-electron chi connectivity index (χ1n) is 3.62. The van der Waals surface area contributed by atoms with Gasteiger partial charge in [-0.25, -0.2) is 4.39 Å². The van der Waals surface area contributed by atoms with E-state index in [4.69, 9.17) is 0 Å². The molecule has 1 aromatic rings. The zero-order valence-electron chi connectivity index (χ0n) is 7.03. The molecule has 0 aromatic heterocycles. The molecule has 0 atom stereocenters. The van der Waals surface area contributed by atoms with E-state index < -0.39 is 17.6 Å². The molecule has 2 nitrogen and oxygen atoms in total. The molecule has 1 aromatic carbocycles. The zero-order chi connectivity index (χ0) is 11.6. The summed E-state index contributed by atoms with van der Waals surface area (Å²) in [6, 6.07) is 0.988. The minimum atomic E-state index is -4.65. The number of rotatable bonds is 2. The van der Waals surface area contributed by atoms with Gasteiger partial charge in [0, 0.05) is 0 Å². The van der Waals surface area contributed by atoms with E-state index in [0.29, 0.717) is 12.1 Å². The highest BCUT2D eigenvalue weighted by atomic mass is 79.9. The second-order valence-electron chi connectivity index (χ2n) is 2.58. The maximum atomic E-state index is 13.0. The minimum Gasteiger partial charge on any atom is -0.328 e. The summed E-state index contributed by atoms with van der Waals surface area (Å²) in [4.78, 5) is 10.1. The third-order valence-corrected chi connectivity index (χ3v) is 2.38.